The summed E-state index contributed by atoms with van der Waals surface area (Å²) >= 11 is 0. The van der Waals surface area contributed by atoms with Crippen LogP contribution < -0.4 is 4.74 Å². The molecule has 1 rings (SSSR count). The van der Waals surface area contributed by atoms with E-state index in [0.29, 0.717) is 24.1 Å². The van der Waals surface area contributed by atoms with E-state index in [1.54, 1.807) is 6.92 Å². The first-order chi connectivity index (χ1) is 13.1. The Kier molecular flexibility index (Phi) is 6.41. The molecule has 0 spiro atoms. The first-order valence-corrected chi connectivity index (χ1v) is 7.83. The van der Waals surface area contributed by atoms with Gasteiger partial charge in [0.05, 0.1) is 0 Å². The highest BCUT2D eigenvalue weighted by atomic mass is 19.4. The number of hydrogen-bond donors (Lipinski definition) is 0. The molecule has 0 aliphatic carbocycles. The number of ether oxygens (including phenoxy) is 1. The van der Waals surface area contributed by atoms with Crippen LogP contribution in [0, 0.1) is 13.8 Å². The first-order valence-electron chi connectivity index (χ1n) is 7.83. The second-order valence-corrected chi connectivity index (χ2v) is 6.30. The quantitative estimate of drug-likeness (QED) is 0.394. The highest BCUT2D eigenvalue weighted by Gasteiger charge is 2.91. The van der Waals surface area contributed by atoms with Crippen molar-refractivity contribution in [3.05, 3.63) is 28.8 Å². The third kappa shape index (κ3) is 3.77. The van der Waals surface area contributed by atoms with Gasteiger partial charge in [-0.3, -0.25) is 0 Å². The highest BCUT2D eigenvalue weighted by molar-refractivity contribution is 5.41. The standard InChI is InChI=1S/C16H13F13O/c1-4-10-7(2)5-9(6-8(10)3)30-16(28,29)14(23,24)12(19,20)11(17,18)13(21,22)15(25,26)27/h5-6H,4H2,1-3H3. The van der Waals surface area contributed by atoms with Crippen LogP contribution in [0.5, 0.6) is 5.75 Å². The Bertz CT molecular complexity index is 757. The summed E-state index contributed by atoms with van der Waals surface area (Å²) in [6.07, 6.45) is -13.7. The summed E-state index contributed by atoms with van der Waals surface area (Å²) in [6.45, 7) is 4.17. The molecule has 0 bridgehead atoms. The maximum absolute atomic E-state index is 13.7. The smallest absolute Gasteiger partial charge is 0.428 e. The summed E-state index contributed by atoms with van der Waals surface area (Å²) in [7, 11) is 0. The van der Waals surface area contributed by atoms with Crippen LogP contribution in [-0.2, 0) is 6.42 Å². The van der Waals surface area contributed by atoms with E-state index in [0.717, 1.165) is 0 Å². The minimum atomic E-state index is -7.95. The molecule has 1 aromatic rings. The van der Waals surface area contributed by atoms with Crippen LogP contribution >= 0.6 is 0 Å². The van der Waals surface area contributed by atoms with E-state index in [9.17, 15) is 57.1 Å². The fourth-order valence-corrected chi connectivity index (χ4v) is 2.54. The second-order valence-electron chi connectivity index (χ2n) is 6.30. The molecule has 1 aromatic carbocycles. The van der Waals surface area contributed by atoms with Crippen LogP contribution in [0.1, 0.15) is 23.6 Å². The van der Waals surface area contributed by atoms with Gasteiger partial charge >= 0.3 is 36.0 Å². The number of halogens is 13. The van der Waals surface area contributed by atoms with Gasteiger partial charge < -0.3 is 4.74 Å². The van der Waals surface area contributed by atoms with Gasteiger partial charge in [-0.05, 0) is 49.1 Å². The van der Waals surface area contributed by atoms with Gasteiger partial charge in [0.2, 0.25) is 0 Å². The molecule has 0 heterocycles. The maximum Gasteiger partial charge on any atom is 0.471 e. The SMILES string of the molecule is CCc1c(C)cc(OC(F)(F)C(F)(F)C(F)(F)C(F)(F)C(F)(F)C(F)(F)F)cc1C. The molecule has 174 valence electrons. The summed E-state index contributed by atoms with van der Waals surface area (Å²) in [5.74, 6) is -32.3. The minimum absolute atomic E-state index is 0.146. The van der Waals surface area contributed by atoms with E-state index in [1.165, 1.54) is 13.8 Å². The molecule has 1 nitrogen and oxygen atoms in total. The molecule has 0 aliphatic heterocycles. The monoisotopic (exact) mass is 468 g/mol. The maximum atomic E-state index is 13.7. The summed E-state index contributed by atoms with van der Waals surface area (Å²) < 4.78 is 173. The van der Waals surface area contributed by atoms with Crippen molar-refractivity contribution < 1.29 is 61.8 Å². The molecule has 0 saturated heterocycles. The Morgan fingerprint density at radius 2 is 1.00 bits per heavy atom. The molecule has 0 fully saturated rings. The van der Waals surface area contributed by atoms with Crippen molar-refractivity contribution in [1.82, 2.24) is 0 Å². The second kappa shape index (κ2) is 7.36. The molecule has 0 N–H and O–H groups in total. The average Bonchev–Trinajstić information content (AvgIpc) is 2.52. The summed E-state index contributed by atoms with van der Waals surface area (Å²) in [5.41, 5.74) is 0.804. The first kappa shape index (κ1) is 26.1. The van der Waals surface area contributed by atoms with Crippen molar-refractivity contribution in [2.75, 3.05) is 0 Å². The molecule has 30 heavy (non-hydrogen) atoms. The van der Waals surface area contributed by atoms with Crippen molar-refractivity contribution in [2.45, 2.75) is 63.2 Å². The Morgan fingerprint density at radius 3 is 1.33 bits per heavy atom. The average molecular weight is 468 g/mol. The van der Waals surface area contributed by atoms with Crippen LogP contribution in [0.4, 0.5) is 57.1 Å². The molecule has 0 amide bonds. The lowest BCUT2D eigenvalue weighted by molar-refractivity contribution is -0.456. The van der Waals surface area contributed by atoms with Gasteiger partial charge in [0.1, 0.15) is 5.75 Å². The van der Waals surface area contributed by atoms with Gasteiger partial charge in [-0.25, -0.2) is 0 Å². The van der Waals surface area contributed by atoms with Crippen molar-refractivity contribution in [2.24, 2.45) is 0 Å². The van der Waals surface area contributed by atoms with Crippen LogP contribution in [0.25, 0.3) is 0 Å². The topological polar surface area (TPSA) is 9.23 Å². The van der Waals surface area contributed by atoms with E-state index >= 15 is 0 Å². The lowest BCUT2D eigenvalue weighted by Gasteiger charge is -2.39. The molecule has 0 unspecified atom stereocenters. The number of rotatable bonds is 7. The van der Waals surface area contributed by atoms with Crippen LogP contribution in [0.15, 0.2) is 12.1 Å². The minimum Gasteiger partial charge on any atom is -0.428 e. The Labute approximate surface area is 160 Å². The summed E-state index contributed by atoms with van der Waals surface area (Å²) in [6, 6.07) is 1.30. The third-order valence-electron chi connectivity index (χ3n) is 4.17. The van der Waals surface area contributed by atoms with Gasteiger partial charge in [0, 0.05) is 0 Å². The Balaban J connectivity index is 3.46. The molecule has 14 heteroatoms. The van der Waals surface area contributed by atoms with Gasteiger partial charge in [-0.1, -0.05) is 6.92 Å². The van der Waals surface area contributed by atoms with Gasteiger partial charge in [0.15, 0.2) is 0 Å². The molecular weight excluding hydrogens is 455 g/mol. The van der Waals surface area contributed by atoms with E-state index in [4.69, 9.17) is 0 Å². The number of aryl methyl sites for hydroxylation is 2. The van der Waals surface area contributed by atoms with E-state index in [-0.39, 0.29) is 11.1 Å². The predicted molar refractivity (Wildman–Crippen MR) is 76.7 cm³/mol. The van der Waals surface area contributed by atoms with E-state index in [1.807, 2.05) is 0 Å². The predicted octanol–water partition coefficient (Wildman–Crippen LogP) is 6.94. The molecule has 0 aliphatic rings. The van der Waals surface area contributed by atoms with Gasteiger partial charge in [0.25, 0.3) is 0 Å². The zero-order valence-electron chi connectivity index (χ0n) is 15.2. The van der Waals surface area contributed by atoms with E-state index < -0.39 is 41.7 Å². The fourth-order valence-electron chi connectivity index (χ4n) is 2.54. The highest BCUT2D eigenvalue weighted by Crippen LogP contribution is 2.60. The number of hydrogen-bond acceptors (Lipinski definition) is 1. The molecule has 0 saturated carbocycles. The Hall–Kier alpha value is -1.89. The normalized spacial score (nSPS) is 14.8. The third-order valence-corrected chi connectivity index (χ3v) is 4.17. The number of alkyl halides is 13. The summed E-state index contributed by atoms with van der Waals surface area (Å²) in [4.78, 5) is 0. The summed E-state index contributed by atoms with van der Waals surface area (Å²) in [5, 5.41) is 0. The van der Waals surface area contributed by atoms with Crippen molar-refractivity contribution in [1.29, 1.82) is 0 Å². The van der Waals surface area contributed by atoms with Crippen LogP contribution in [-0.4, -0.2) is 36.0 Å². The van der Waals surface area contributed by atoms with Gasteiger partial charge in [-0.2, -0.15) is 57.1 Å². The van der Waals surface area contributed by atoms with Gasteiger partial charge in [-0.15, -0.1) is 0 Å². The zero-order valence-corrected chi connectivity index (χ0v) is 15.2. The van der Waals surface area contributed by atoms with Crippen LogP contribution in [0.3, 0.4) is 0 Å². The molecular formula is C16H13F13O. The lowest BCUT2D eigenvalue weighted by Crippen LogP contribution is -2.70. The van der Waals surface area contributed by atoms with Crippen molar-refractivity contribution in [3.8, 4) is 5.75 Å². The fraction of sp³-hybridized carbons (Fsp3) is 0.625. The molecule has 0 aromatic heterocycles. The molecule has 0 radical (unpaired) electrons. The lowest BCUT2D eigenvalue weighted by atomic mass is 9.97. The Morgan fingerprint density at radius 1 is 0.633 bits per heavy atom. The molecule has 0 atom stereocenters. The largest absolute Gasteiger partial charge is 0.471 e. The van der Waals surface area contributed by atoms with Crippen molar-refractivity contribution >= 4 is 0 Å². The zero-order chi connectivity index (χ0) is 24.1. The number of benzene rings is 1. The van der Waals surface area contributed by atoms with Crippen molar-refractivity contribution in [3.63, 3.8) is 0 Å². The van der Waals surface area contributed by atoms with Crippen LogP contribution in [0.2, 0.25) is 0 Å². The van der Waals surface area contributed by atoms with E-state index in [2.05, 4.69) is 4.74 Å².